The molecule has 0 unspecified atom stereocenters. The predicted molar refractivity (Wildman–Crippen MR) is 167 cm³/mol. The Labute approximate surface area is 262 Å². The molecule has 2 aromatic heterocycles. The van der Waals surface area contributed by atoms with Crippen LogP contribution in [-0.4, -0.2) is 64.9 Å². The molecule has 0 radical (unpaired) electrons. The van der Waals surface area contributed by atoms with E-state index in [1.54, 1.807) is 16.8 Å². The largest absolute Gasteiger partial charge is 0.495 e. The molecule has 10 nitrogen and oxygen atoms in total. The van der Waals surface area contributed by atoms with Gasteiger partial charge < -0.3 is 26.0 Å². The van der Waals surface area contributed by atoms with Crippen molar-refractivity contribution in [3.63, 3.8) is 0 Å². The van der Waals surface area contributed by atoms with Gasteiger partial charge in [0.1, 0.15) is 29.4 Å². The van der Waals surface area contributed by atoms with Gasteiger partial charge in [0.15, 0.2) is 5.65 Å². The highest BCUT2D eigenvalue weighted by Gasteiger charge is 2.32. The zero-order chi connectivity index (χ0) is 33.0. The molecule has 4 N–H and O–H groups in total. The van der Waals surface area contributed by atoms with Gasteiger partial charge in [-0.15, -0.1) is 0 Å². The minimum atomic E-state index is -4.74. The summed E-state index contributed by atoms with van der Waals surface area (Å²) in [5.41, 5.74) is 8.03. The van der Waals surface area contributed by atoms with Crippen molar-refractivity contribution >= 4 is 28.4 Å². The number of carbonyl (C=O) groups excluding carboxylic acids is 1. The summed E-state index contributed by atoms with van der Waals surface area (Å²) in [6.45, 7) is 2.64. The quantitative estimate of drug-likeness (QED) is 0.128. The Morgan fingerprint density at radius 1 is 1.04 bits per heavy atom. The molecule has 2 heterocycles. The van der Waals surface area contributed by atoms with Gasteiger partial charge in [0.2, 0.25) is 0 Å². The number of nitrogens with one attached hydrogen (secondary N) is 2. The van der Waals surface area contributed by atoms with Gasteiger partial charge >= 0.3 is 6.18 Å². The van der Waals surface area contributed by atoms with Crippen LogP contribution >= 0.6 is 0 Å². The lowest BCUT2D eigenvalue weighted by molar-refractivity contribution is -0.137. The summed E-state index contributed by atoms with van der Waals surface area (Å²) in [7, 11) is 5.47. The molecule has 0 aliphatic rings. The minimum Gasteiger partial charge on any atom is -0.495 e. The third-order valence-corrected chi connectivity index (χ3v) is 7.23. The molecule has 0 aliphatic carbocycles. The van der Waals surface area contributed by atoms with Crippen molar-refractivity contribution in [3.8, 4) is 22.7 Å². The number of rotatable bonds is 11. The smallest absolute Gasteiger partial charge is 0.416 e. The maximum absolute atomic E-state index is 14.4. The molecule has 0 atom stereocenters. The Hall–Kier alpha value is -5.08. The van der Waals surface area contributed by atoms with Gasteiger partial charge in [-0.25, -0.2) is 19.0 Å². The van der Waals surface area contributed by atoms with E-state index >= 15 is 0 Å². The Bertz CT molecular complexity index is 1860. The number of hydrogen-bond acceptors (Lipinski definition) is 8. The van der Waals surface area contributed by atoms with E-state index < -0.39 is 29.0 Å². The molecule has 5 rings (SSSR count). The number of alkyl halides is 3. The number of halogens is 4. The summed E-state index contributed by atoms with van der Waals surface area (Å²) in [6, 6.07) is 14.3. The van der Waals surface area contributed by atoms with Gasteiger partial charge in [0, 0.05) is 12.1 Å². The van der Waals surface area contributed by atoms with E-state index in [9.17, 15) is 22.4 Å². The molecule has 5 aromatic rings. The molecule has 1 amide bonds. The molecule has 240 valence electrons. The fourth-order valence-electron chi connectivity index (χ4n) is 4.87. The molecular formula is C32H32F4N8O2. The molecule has 46 heavy (non-hydrogen) atoms. The maximum atomic E-state index is 14.4. The first kappa shape index (κ1) is 32.3. The zero-order valence-electron chi connectivity index (χ0n) is 25.3. The van der Waals surface area contributed by atoms with Crippen LogP contribution in [0, 0.1) is 5.82 Å². The summed E-state index contributed by atoms with van der Waals surface area (Å²) in [5, 5.41) is 11.2. The molecule has 0 fully saturated rings. The highest BCUT2D eigenvalue weighted by Crippen LogP contribution is 2.36. The number of methoxy groups -OCH3 is 1. The van der Waals surface area contributed by atoms with E-state index in [-0.39, 0.29) is 23.3 Å². The van der Waals surface area contributed by atoms with Crippen molar-refractivity contribution in [1.82, 2.24) is 30.0 Å². The first-order chi connectivity index (χ1) is 22.0. The molecule has 0 bridgehead atoms. The summed E-state index contributed by atoms with van der Waals surface area (Å²) in [6.07, 6.45) is -2.35. The number of fused-ring (bicyclic) bond motifs is 1. The Morgan fingerprint density at radius 3 is 2.48 bits per heavy atom. The Balaban J connectivity index is 1.41. The van der Waals surface area contributed by atoms with Crippen LogP contribution in [0.2, 0.25) is 0 Å². The number of carbonyl (C=O) groups is 1. The van der Waals surface area contributed by atoms with E-state index in [1.165, 1.54) is 19.5 Å². The van der Waals surface area contributed by atoms with Crippen LogP contribution in [0.3, 0.4) is 0 Å². The van der Waals surface area contributed by atoms with Crippen LogP contribution in [0.1, 0.15) is 27.9 Å². The molecule has 0 spiro atoms. The zero-order valence-corrected chi connectivity index (χ0v) is 25.3. The lowest BCUT2D eigenvalue weighted by Crippen LogP contribution is -2.20. The van der Waals surface area contributed by atoms with Crippen LogP contribution in [0.5, 0.6) is 5.75 Å². The first-order valence-corrected chi connectivity index (χ1v) is 14.3. The van der Waals surface area contributed by atoms with Crippen molar-refractivity contribution < 1.29 is 27.1 Å². The number of benzene rings is 3. The molecule has 0 saturated carbocycles. The van der Waals surface area contributed by atoms with Crippen molar-refractivity contribution in [1.29, 1.82) is 0 Å². The molecule has 0 aliphatic heterocycles. The van der Waals surface area contributed by atoms with Crippen LogP contribution in [0.4, 0.5) is 29.1 Å². The third-order valence-electron chi connectivity index (χ3n) is 7.23. The van der Waals surface area contributed by atoms with Crippen LogP contribution in [-0.2, 0) is 12.7 Å². The number of ether oxygens (including phenoxy) is 1. The topological polar surface area (TPSA) is 123 Å². The van der Waals surface area contributed by atoms with Gasteiger partial charge in [-0.3, -0.25) is 4.79 Å². The molecule has 0 saturated heterocycles. The number of nitrogens with zero attached hydrogens (tertiary/aromatic N) is 5. The SMILES string of the molecule is COc1cc(-c2nn(-c3ccc(CNCCCN(C)C)cc3)c3ncnc(N)c23)ccc1NC(=O)c1ccc(C(F)(F)F)cc1F. The molecular weight excluding hydrogens is 604 g/mol. The normalized spacial score (nSPS) is 11.7. The van der Waals surface area contributed by atoms with Crippen LogP contribution < -0.4 is 21.1 Å². The number of aromatic nitrogens is 4. The van der Waals surface area contributed by atoms with E-state index in [1.807, 2.05) is 38.4 Å². The van der Waals surface area contributed by atoms with Crippen molar-refractivity contribution in [2.45, 2.75) is 19.1 Å². The lowest BCUT2D eigenvalue weighted by Gasteiger charge is -2.13. The maximum Gasteiger partial charge on any atom is 0.416 e. The fourth-order valence-corrected chi connectivity index (χ4v) is 4.87. The van der Waals surface area contributed by atoms with Gasteiger partial charge in [-0.1, -0.05) is 18.2 Å². The van der Waals surface area contributed by atoms with Gasteiger partial charge in [0.25, 0.3) is 5.91 Å². The lowest BCUT2D eigenvalue weighted by atomic mass is 10.1. The second kappa shape index (κ2) is 13.5. The third kappa shape index (κ3) is 7.08. The Kier molecular flexibility index (Phi) is 9.49. The number of anilines is 2. The highest BCUT2D eigenvalue weighted by molar-refractivity contribution is 6.06. The standard InChI is InChI=1S/C32H32F4N8O2/c1-43(2)14-4-13-38-17-19-5-9-22(10-6-19)44-30-27(29(37)39-18-40-30)28(42-44)20-7-12-25(26(15-20)46-3)41-31(45)23-11-8-21(16-24(23)33)32(34,35)36/h5-12,15-16,18,38H,4,13-14,17H2,1-3H3,(H,41,45)(H2,37,39,40). The first-order valence-electron chi connectivity index (χ1n) is 14.3. The summed E-state index contributed by atoms with van der Waals surface area (Å²) in [5.74, 6) is -1.85. The summed E-state index contributed by atoms with van der Waals surface area (Å²) in [4.78, 5) is 23.5. The van der Waals surface area contributed by atoms with Crippen molar-refractivity contribution in [3.05, 3.63) is 89.5 Å². The number of nitrogens with two attached hydrogens (primary N) is 1. The molecule has 14 heteroatoms. The summed E-state index contributed by atoms with van der Waals surface area (Å²) >= 11 is 0. The van der Waals surface area contributed by atoms with Crippen molar-refractivity contribution in [2.24, 2.45) is 0 Å². The average Bonchev–Trinajstić information content (AvgIpc) is 3.41. The Morgan fingerprint density at radius 2 is 1.80 bits per heavy atom. The minimum absolute atomic E-state index is 0.162. The van der Waals surface area contributed by atoms with Crippen molar-refractivity contribution in [2.75, 3.05) is 45.3 Å². The van der Waals surface area contributed by atoms with Gasteiger partial charge in [-0.05, 0) is 81.6 Å². The predicted octanol–water partition coefficient (Wildman–Crippen LogP) is 5.52. The number of nitrogen functional groups attached to an aromatic ring is 1. The summed E-state index contributed by atoms with van der Waals surface area (Å²) < 4.78 is 60.4. The van der Waals surface area contributed by atoms with Gasteiger partial charge in [-0.2, -0.15) is 18.3 Å². The van der Waals surface area contributed by atoms with E-state index in [4.69, 9.17) is 15.6 Å². The second-order valence-electron chi connectivity index (χ2n) is 10.8. The fraction of sp³-hybridized carbons (Fsp3) is 0.250. The average molecular weight is 637 g/mol. The highest BCUT2D eigenvalue weighted by atomic mass is 19.4. The number of hydrogen-bond donors (Lipinski definition) is 3. The molecule has 3 aromatic carbocycles. The van der Waals surface area contributed by atoms with Gasteiger partial charge in [0.05, 0.1) is 35.0 Å². The number of amides is 1. The van der Waals surface area contributed by atoms with E-state index in [2.05, 4.69) is 25.5 Å². The van der Waals surface area contributed by atoms with Crippen LogP contribution in [0.15, 0.2) is 67.0 Å². The second-order valence-corrected chi connectivity index (χ2v) is 10.8. The van der Waals surface area contributed by atoms with E-state index in [0.29, 0.717) is 28.4 Å². The van der Waals surface area contributed by atoms with Crippen LogP contribution in [0.25, 0.3) is 28.0 Å². The van der Waals surface area contributed by atoms with E-state index in [0.717, 1.165) is 43.4 Å². The monoisotopic (exact) mass is 636 g/mol.